The number of nitrogens with one attached hydrogen (secondary N) is 1. The van der Waals surface area contributed by atoms with E-state index in [1.807, 2.05) is 0 Å². The lowest BCUT2D eigenvalue weighted by atomic mass is 9.84. The SMILES string of the molecule is Cl.NC1C2CCC(C2)C1C(=O)NCCOc1ccc(C(F)(F)F)cc1. The second-order valence-electron chi connectivity index (χ2n) is 6.60. The van der Waals surface area contributed by atoms with Crippen molar-refractivity contribution in [2.45, 2.75) is 31.5 Å². The third-order valence-corrected chi connectivity index (χ3v) is 5.14. The number of halogens is 4. The Kier molecular flexibility index (Phi) is 6.21. The first kappa shape index (κ1) is 19.8. The topological polar surface area (TPSA) is 64.4 Å². The van der Waals surface area contributed by atoms with Gasteiger partial charge in [0.2, 0.25) is 5.91 Å². The molecule has 2 bridgehead atoms. The van der Waals surface area contributed by atoms with Crippen LogP contribution in [0.1, 0.15) is 24.8 Å². The molecule has 3 N–H and O–H groups in total. The highest BCUT2D eigenvalue weighted by molar-refractivity contribution is 5.85. The van der Waals surface area contributed by atoms with E-state index in [0.29, 0.717) is 24.1 Å². The number of hydrogen-bond acceptors (Lipinski definition) is 3. The van der Waals surface area contributed by atoms with Gasteiger partial charge in [-0.05, 0) is 55.4 Å². The first-order valence-corrected chi connectivity index (χ1v) is 8.19. The maximum absolute atomic E-state index is 12.5. The molecule has 0 aliphatic heterocycles. The molecular weight excluding hydrogens is 357 g/mol. The Morgan fingerprint density at radius 2 is 1.84 bits per heavy atom. The molecule has 2 aliphatic carbocycles. The molecule has 2 fully saturated rings. The second kappa shape index (κ2) is 7.83. The van der Waals surface area contributed by atoms with E-state index in [4.69, 9.17) is 10.5 Å². The van der Waals surface area contributed by atoms with Crippen molar-refractivity contribution in [2.24, 2.45) is 23.5 Å². The molecule has 0 spiro atoms. The molecule has 1 aromatic carbocycles. The van der Waals surface area contributed by atoms with Gasteiger partial charge in [-0.1, -0.05) is 0 Å². The summed E-state index contributed by atoms with van der Waals surface area (Å²) in [6.45, 7) is 0.508. The van der Waals surface area contributed by atoms with Crippen LogP contribution in [-0.2, 0) is 11.0 Å². The van der Waals surface area contributed by atoms with Crippen molar-refractivity contribution in [1.82, 2.24) is 5.32 Å². The highest BCUT2D eigenvalue weighted by Crippen LogP contribution is 2.47. The molecule has 8 heteroatoms. The van der Waals surface area contributed by atoms with Gasteiger partial charge in [0.25, 0.3) is 0 Å². The van der Waals surface area contributed by atoms with E-state index >= 15 is 0 Å². The molecule has 4 nitrogen and oxygen atoms in total. The van der Waals surface area contributed by atoms with Gasteiger partial charge in [0.1, 0.15) is 12.4 Å². The largest absolute Gasteiger partial charge is 0.492 e. The Morgan fingerprint density at radius 3 is 2.40 bits per heavy atom. The van der Waals surface area contributed by atoms with Crippen molar-refractivity contribution in [2.75, 3.05) is 13.2 Å². The summed E-state index contributed by atoms with van der Waals surface area (Å²) in [5, 5.41) is 2.82. The van der Waals surface area contributed by atoms with E-state index in [9.17, 15) is 18.0 Å². The van der Waals surface area contributed by atoms with Crippen LogP contribution in [0.15, 0.2) is 24.3 Å². The Balaban J connectivity index is 0.00000225. The number of ether oxygens (including phenoxy) is 1. The fourth-order valence-corrected chi connectivity index (χ4v) is 3.93. The predicted molar refractivity (Wildman–Crippen MR) is 89.5 cm³/mol. The van der Waals surface area contributed by atoms with Crippen LogP contribution in [-0.4, -0.2) is 25.1 Å². The van der Waals surface area contributed by atoms with Crippen molar-refractivity contribution < 1.29 is 22.7 Å². The van der Waals surface area contributed by atoms with E-state index < -0.39 is 11.7 Å². The van der Waals surface area contributed by atoms with Gasteiger partial charge < -0.3 is 15.8 Å². The molecule has 4 atom stereocenters. The third-order valence-electron chi connectivity index (χ3n) is 5.14. The lowest BCUT2D eigenvalue weighted by Crippen LogP contribution is -2.46. The van der Waals surface area contributed by atoms with Gasteiger partial charge in [0, 0.05) is 6.04 Å². The monoisotopic (exact) mass is 378 g/mol. The molecule has 140 valence electrons. The average molecular weight is 379 g/mol. The molecule has 3 rings (SSSR count). The third kappa shape index (κ3) is 4.39. The Morgan fingerprint density at radius 1 is 1.20 bits per heavy atom. The number of carbonyl (C=O) groups is 1. The molecule has 0 heterocycles. The number of hydrogen-bond donors (Lipinski definition) is 2. The lowest BCUT2D eigenvalue weighted by molar-refractivity contribution is -0.137. The number of benzene rings is 1. The number of rotatable bonds is 5. The highest BCUT2D eigenvalue weighted by atomic mass is 35.5. The molecule has 1 amide bonds. The normalized spacial score (nSPS) is 27.7. The highest BCUT2D eigenvalue weighted by Gasteiger charge is 2.48. The number of nitrogens with two attached hydrogens (primary N) is 1. The Labute approximate surface area is 150 Å². The number of fused-ring (bicyclic) bond motifs is 2. The van der Waals surface area contributed by atoms with Gasteiger partial charge >= 0.3 is 6.18 Å². The number of carbonyl (C=O) groups excluding carboxylic acids is 1. The van der Waals surface area contributed by atoms with Crippen LogP contribution in [0.4, 0.5) is 13.2 Å². The minimum atomic E-state index is -4.36. The van der Waals surface area contributed by atoms with Crippen LogP contribution in [0.5, 0.6) is 5.75 Å². The Hall–Kier alpha value is -1.47. The van der Waals surface area contributed by atoms with Crippen molar-refractivity contribution in [3.8, 4) is 5.75 Å². The summed E-state index contributed by atoms with van der Waals surface area (Å²) in [5.74, 6) is 1.05. The van der Waals surface area contributed by atoms with Crippen molar-refractivity contribution >= 4 is 18.3 Å². The van der Waals surface area contributed by atoms with Gasteiger partial charge in [-0.2, -0.15) is 13.2 Å². The zero-order valence-corrected chi connectivity index (χ0v) is 14.4. The predicted octanol–water partition coefficient (Wildman–Crippen LogP) is 3.00. The summed E-state index contributed by atoms with van der Waals surface area (Å²) in [6.07, 6.45) is -1.13. The van der Waals surface area contributed by atoms with Gasteiger partial charge in [-0.15, -0.1) is 12.4 Å². The van der Waals surface area contributed by atoms with E-state index in [2.05, 4.69) is 5.32 Å². The van der Waals surface area contributed by atoms with Gasteiger partial charge in [-0.25, -0.2) is 0 Å². The van der Waals surface area contributed by atoms with Crippen LogP contribution in [0.25, 0.3) is 0 Å². The summed E-state index contributed by atoms with van der Waals surface area (Å²) < 4.78 is 42.7. The molecule has 4 unspecified atom stereocenters. The number of amides is 1. The smallest absolute Gasteiger partial charge is 0.416 e. The molecule has 2 aliphatic rings. The van der Waals surface area contributed by atoms with Crippen LogP contribution in [0, 0.1) is 17.8 Å². The summed E-state index contributed by atoms with van der Waals surface area (Å²) >= 11 is 0. The summed E-state index contributed by atoms with van der Waals surface area (Å²) in [5.41, 5.74) is 5.41. The second-order valence-corrected chi connectivity index (χ2v) is 6.60. The zero-order chi connectivity index (χ0) is 17.3. The number of alkyl halides is 3. The lowest BCUT2D eigenvalue weighted by Gasteiger charge is -2.27. The van der Waals surface area contributed by atoms with E-state index in [-0.39, 0.29) is 36.9 Å². The fraction of sp³-hybridized carbons (Fsp3) is 0.588. The van der Waals surface area contributed by atoms with E-state index in [1.165, 1.54) is 12.1 Å². The molecule has 2 saturated carbocycles. The van der Waals surface area contributed by atoms with Crippen molar-refractivity contribution in [1.29, 1.82) is 0 Å². The van der Waals surface area contributed by atoms with E-state index in [0.717, 1.165) is 31.4 Å². The summed E-state index contributed by atoms with van der Waals surface area (Å²) in [7, 11) is 0. The molecule has 25 heavy (non-hydrogen) atoms. The molecule has 1 aromatic rings. The van der Waals surface area contributed by atoms with Crippen molar-refractivity contribution in [3.05, 3.63) is 29.8 Å². The molecule has 0 aromatic heterocycles. The van der Waals surface area contributed by atoms with Gasteiger partial charge in [0.05, 0.1) is 18.0 Å². The first-order valence-electron chi connectivity index (χ1n) is 8.19. The molecular formula is C17H22ClF3N2O2. The Bertz CT molecular complexity index is 593. The van der Waals surface area contributed by atoms with Crippen LogP contribution in [0.2, 0.25) is 0 Å². The molecule has 0 radical (unpaired) electrons. The van der Waals surface area contributed by atoms with Crippen LogP contribution in [0.3, 0.4) is 0 Å². The van der Waals surface area contributed by atoms with E-state index in [1.54, 1.807) is 0 Å². The zero-order valence-electron chi connectivity index (χ0n) is 13.6. The molecule has 0 saturated heterocycles. The first-order chi connectivity index (χ1) is 11.4. The quantitative estimate of drug-likeness (QED) is 0.774. The summed E-state index contributed by atoms with van der Waals surface area (Å²) in [4.78, 5) is 12.2. The van der Waals surface area contributed by atoms with Gasteiger partial charge in [0.15, 0.2) is 0 Å². The standard InChI is InChI=1S/C17H21F3N2O2.ClH/c18-17(19,20)12-3-5-13(6-4-12)24-8-7-22-16(23)14-10-1-2-11(9-10)15(14)21;/h3-6,10-11,14-15H,1-2,7-9,21H2,(H,22,23);1H. The van der Waals surface area contributed by atoms with Crippen molar-refractivity contribution in [3.63, 3.8) is 0 Å². The maximum Gasteiger partial charge on any atom is 0.416 e. The van der Waals surface area contributed by atoms with Crippen LogP contribution < -0.4 is 15.8 Å². The average Bonchev–Trinajstić information content (AvgIpc) is 3.12. The maximum atomic E-state index is 12.5. The summed E-state index contributed by atoms with van der Waals surface area (Å²) in [6, 6.07) is 4.44. The fourth-order valence-electron chi connectivity index (χ4n) is 3.93. The minimum absolute atomic E-state index is 0. The minimum Gasteiger partial charge on any atom is -0.492 e. The van der Waals surface area contributed by atoms with Crippen LogP contribution >= 0.6 is 12.4 Å². The van der Waals surface area contributed by atoms with Gasteiger partial charge in [-0.3, -0.25) is 4.79 Å².